The lowest BCUT2D eigenvalue weighted by Crippen LogP contribution is -2.17. The van der Waals surface area contributed by atoms with Crippen LogP contribution in [-0.4, -0.2) is 18.5 Å². The number of rotatable bonds is 7. The van der Waals surface area contributed by atoms with Gasteiger partial charge in [0.25, 0.3) is 0 Å². The second-order valence-electron chi connectivity index (χ2n) is 8.04. The zero-order valence-corrected chi connectivity index (χ0v) is 17.3. The van der Waals surface area contributed by atoms with Crippen LogP contribution in [0.3, 0.4) is 0 Å². The van der Waals surface area contributed by atoms with Crippen LogP contribution in [0.2, 0.25) is 0 Å². The Kier molecular flexibility index (Phi) is 7.70. The first-order valence-corrected chi connectivity index (χ1v) is 9.45. The van der Waals surface area contributed by atoms with Crippen LogP contribution < -0.4 is 4.74 Å². The molecule has 142 valence electrons. The highest BCUT2D eigenvalue weighted by molar-refractivity contribution is 5.29. The molecule has 0 bridgehead atoms. The van der Waals surface area contributed by atoms with Gasteiger partial charge < -0.3 is 4.74 Å². The lowest BCUT2D eigenvalue weighted by molar-refractivity contribution is 0.304. The predicted molar refractivity (Wildman–Crippen MR) is 115 cm³/mol. The van der Waals surface area contributed by atoms with E-state index in [0.29, 0.717) is 6.61 Å². The maximum Gasteiger partial charge on any atom is 0.120 e. The number of nitrogens with zero attached hydrogens (tertiary/aromatic N) is 1. The molecule has 0 aliphatic carbocycles. The molecular formula is C25H31NO. The minimum Gasteiger partial charge on any atom is -0.489 e. The van der Waals surface area contributed by atoms with Crippen molar-refractivity contribution in [3.8, 4) is 17.6 Å². The number of aryl methyl sites for hydroxylation is 1. The molecule has 0 atom stereocenters. The fraction of sp³-hybridized carbons (Fsp3) is 0.360. The highest BCUT2D eigenvalue weighted by Crippen LogP contribution is 2.17. The third-order valence-electron chi connectivity index (χ3n) is 3.90. The highest BCUT2D eigenvalue weighted by atomic mass is 16.5. The summed E-state index contributed by atoms with van der Waals surface area (Å²) in [6, 6.07) is 16.8. The summed E-state index contributed by atoms with van der Waals surface area (Å²) in [7, 11) is 2.11. The minimum absolute atomic E-state index is 0.0507. The zero-order valence-electron chi connectivity index (χ0n) is 17.3. The Balaban J connectivity index is 1.85. The average molecular weight is 362 g/mol. The molecule has 0 aliphatic rings. The molecule has 0 saturated heterocycles. The van der Waals surface area contributed by atoms with Gasteiger partial charge in [-0.2, -0.15) is 0 Å². The minimum atomic E-state index is 0.0507. The van der Waals surface area contributed by atoms with E-state index in [4.69, 9.17) is 4.74 Å². The average Bonchev–Trinajstić information content (AvgIpc) is 2.59. The molecule has 0 radical (unpaired) electrons. The summed E-state index contributed by atoms with van der Waals surface area (Å²) in [5.74, 6) is 7.24. The third kappa shape index (κ3) is 8.62. The number of likely N-dealkylation sites (N-methyl/N-ethyl adjacent to an activating group) is 1. The molecule has 0 spiro atoms. The largest absolute Gasteiger partial charge is 0.489 e. The van der Waals surface area contributed by atoms with E-state index in [9.17, 15) is 0 Å². The van der Waals surface area contributed by atoms with Crippen LogP contribution in [0.15, 0.2) is 60.7 Å². The Morgan fingerprint density at radius 1 is 1.04 bits per heavy atom. The number of benzene rings is 2. The van der Waals surface area contributed by atoms with E-state index in [0.717, 1.165) is 18.8 Å². The predicted octanol–water partition coefficient (Wildman–Crippen LogP) is 5.61. The van der Waals surface area contributed by atoms with E-state index in [-0.39, 0.29) is 5.41 Å². The number of hydrogen-bond donors (Lipinski definition) is 0. The summed E-state index contributed by atoms with van der Waals surface area (Å²) >= 11 is 0. The maximum absolute atomic E-state index is 5.96. The van der Waals surface area contributed by atoms with Crippen molar-refractivity contribution in [1.29, 1.82) is 0 Å². The van der Waals surface area contributed by atoms with Crippen molar-refractivity contribution in [1.82, 2.24) is 4.90 Å². The molecular weight excluding hydrogens is 330 g/mol. The molecule has 27 heavy (non-hydrogen) atoms. The molecule has 0 fully saturated rings. The molecule has 2 aromatic carbocycles. The van der Waals surface area contributed by atoms with E-state index < -0.39 is 0 Å². The van der Waals surface area contributed by atoms with Crippen LogP contribution in [0, 0.1) is 24.2 Å². The summed E-state index contributed by atoms with van der Waals surface area (Å²) in [6.07, 6.45) is 4.06. The Morgan fingerprint density at radius 2 is 1.78 bits per heavy atom. The van der Waals surface area contributed by atoms with Crippen molar-refractivity contribution < 1.29 is 4.74 Å². The normalized spacial score (nSPS) is 11.5. The highest BCUT2D eigenvalue weighted by Gasteiger charge is 2.03. The second-order valence-corrected chi connectivity index (χ2v) is 8.04. The molecule has 2 heteroatoms. The summed E-state index contributed by atoms with van der Waals surface area (Å²) in [5, 5.41) is 0. The number of hydrogen-bond acceptors (Lipinski definition) is 2. The Hall–Kier alpha value is -2.50. The van der Waals surface area contributed by atoms with E-state index >= 15 is 0 Å². The molecule has 2 rings (SSSR count). The number of ether oxygens (including phenoxy) is 1. The Labute approximate surface area is 164 Å². The van der Waals surface area contributed by atoms with Gasteiger partial charge >= 0.3 is 0 Å². The van der Waals surface area contributed by atoms with Crippen LogP contribution in [-0.2, 0) is 13.2 Å². The molecule has 0 heterocycles. The maximum atomic E-state index is 5.96. The van der Waals surface area contributed by atoms with E-state index in [1.165, 1.54) is 16.7 Å². The molecule has 2 nitrogen and oxygen atoms in total. The van der Waals surface area contributed by atoms with Crippen LogP contribution in [0.5, 0.6) is 5.75 Å². The van der Waals surface area contributed by atoms with E-state index in [2.05, 4.69) is 100 Å². The Bertz CT molecular complexity index is 818. The van der Waals surface area contributed by atoms with Gasteiger partial charge in [0.05, 0.1) is 0 Å². The van der Waals surface area contributed by atoms with Crippen LogP contribution >= 0.6 is 0 Å². The van der Waals surface area contributed by atoms with Crippen molar-refractivity contribution >= 4 is 0 Å². The van der Waals surface area contributed by atoms with Crippen LogP contribution in [0.1, 0.15) is 37.5 Å². The Morgan fingerprint density at radius 3 is 2.52 bits per heavy atom. The van der Waals surface area contributed by atoms with E-state index in [1.807, 2.05) is 12.1 Å². The van der Waals surface area contributed by atoms with Crippen molar-refractivity contribution in [2.45, 2.75) is 40.8 Å². The number of allylic oxidation sites excluding steroid dienone is 1. The lowest BCUT2D eigenvalue weighted by Gasteiger charge is -2.15. The topological polar surface area (TPSA) is 12.5 Å². The fourth-order valence-corrected chi connectivity index (χ4v) is 2.63. The van der Waals surface area contributed by atoms with Crippen molar-refractivity contribution in [2.75, 3.05) is 13.6 Å². The standard InChI is InChI=1S/C25H31NO/c1-21-11-9-13-23(17-21)20-27-24-14-10-12-22(18-24)19-26(5)16-8-6-7-15-25(2,3)4/h6,8-14,17-18H,16,19-20H2,1-5H3/b8-6+. The van der Waals surface area contributed by atoms with Crippen molar-refractivity contribution in [2.24, 2.45) is 5.41 Å². The van der Waals surface area contributed by atoms with Gasteiger partial charge in [-0.3, -0.25) is 4.90 Å². The first-order valence-electron chi connectivity index (χ1n) is 9.45. The summed E-state index contributed by atoms with van der Waals surface area (Å²) in [4.78, 5) is 2.26. The quantitative estimate of drug-likeness (QED) is 0.594. The molecule has 0 aliphatic heterocycles. The van der Waals surface area contributed by atoms with E-state index in [1.54, 1.807) is 0 Å². The van der Waals surface area contributed by atoms with Gasteiger partial charge in [0.15, 0.2) is 0 Å². The SMILES string of the molecule is Cc1cccc(COc2cccc(CN(C)C/C=C/C#CC(C)(C)C)c2)c1. The van der Waals surface area contributed by atoms with Crippen LogP contribution in [0.25, 0.3) is 0 Å². The summed E-state index contributed by atoms with van der Waals surface area (Å²) in [6.45, 7) is 10.8. The molecule has 0 amide bonds. The summed E-state index contributed by atoms with van der Waals surface area (Å²) in [5.41, 5.74) is 3.74. The first-order chi connectivity index (χ1) is 12.8. The smallest absolute Gasteiger partial charge is 0.120 e. The monoisotopic (exact) mass is 361 g/mol. The molecule has 2 aromatic rings. The van der Waals surface area contributed by atoms with Gasteiger partial charge in [0.1, 0.15) is 12.4 Å². The zero-order chi connectivity index (χ0) is 19.7. The molecule has 0 aromatic heterocycles. The van der Waals surface area contributed by atoms with Gasteiger partial charge in [0.2, 0.25) is 0 Å². The van der Waals surface area contributed by atoms with Gasteiger partial charge in [0, 0.05) is 18.5 Å². The third-order valence-corrected chi connectivity index (χ3v) is 3.90. The molecule has 0 N–H and O–H groups in total. The molecule has 0 unspecified atom stereocenters. The second kappa shape index (κ2) is 10.00. The van der Waals surface area contributed by atoms with Crippen molar-refractivity contribution in [3.05, 3.63) is 77.4 Å². The van der Waals surface area contributed by atoms with Gasteiger partial charge in [-0.25, -0.2) is 0 Å². The van der Waals surface area contributed by atoms with Gasteiger partial charge in [-0.15, -0.1) is 0 Å². The fourth-order valence-electron chi connectivity index (χ4n) is 2.63. The van der Waals surface area contributed by atoms with Gasteiger partial charge in [-0.05, 0) is 64.1 Å². The molecule has 0 saturated carbocycles. The summed E-state index contributed by atoms with van der Waals surface area (Å²) < 4.78 is 5.96. The van der Waals surface area contributed by atoms with Crippen molar-refractivity contribution in [3.63, 3.8) is 0 Å². The first kappa shape index (κ1) is 20.8. The van der Waals surface area contributed by atoms with Crippen LogP contribution in [0.4, 0.5) is 0 Å². The van der Waals surface area contributed by atoms with Gasteiger partial charge in [-0.1, -0.05) is 59.9 Å². The lowest BCUT2D eigenvalue weighted by atomic mass is 9.98.